The molecule has 0 amide bonds. The molecular weight excluding hydrogens is 238 g/mol. The summed E-state index contributed by atoms with van der Waals surface area (Å²) in [5.74, 6) is 0. The summed E-state index contributed by atoms with van der Waals surface area (Å²) in [6, 6.07) is 6.34. The normalized spacial score (nSPS) is 11.2. The van der Waals surface area contributed by atoms with Gasteiger partial charge in [-0.2, -0.15) is 0 Å². The number of anilines is 2. The summed E-state index contributed by atoms with van der Waals surface area (Å²) in [6.45, 7) is 5.34. The molecule has 0 unspecified atom stereocenters. The van der Waals surface area contributed by atoms with Crippen molar-refractivity contribution in [3.8, 4) is 0 Å². The number of hydrogen-bond acceptors (Lipinski definition) is 4. The van der Waals surface area contributed by atoms with Crippen LogP contribution in [0.3, 0.4) is 0 Å². The molecule has 0 aliphatic rings. The third kappa shape index (κ3) is 2.79. The van der Waals surface area contributed by atoms with Gasteiger partial charge < -0.3 is 15.7 Å². The van der Waals surface area contributed by atoms with Crippen LogP contribution in [-0.2, 0) is 0 Å². The Balaban J connectivity index is 2.50. The number of fused-ring (bicyclic) bond motifs is 1. The van der Waals surface area contributed by atoms with Crippen molar-refractivity contribution in [3.05, 3.63) is 30.6 Å². The second kappa shape index (κ2) is 5.89. The van der Waals surface area contributed by atoms with Crippen molar-refractivity contribution in [2.24, 2.45) is 0 Å². The number of pyridine rings is 1. The molecule has 0 fully saturated rings. The largest absolute Gasteiger partial charge is 0.398 e. The lowest BCUT2D eigenvalue weighted by Gasteiger charge is -2.30. The molecule has 2 rings (SSSR count). The molecule has 0 aliphatic heterocycles. The van der Waals surface area contributed by atoms with Gasteiger partial charge in [0.15, 0.2) is 0 Å². The molecule has 0 bridgehead atoms. The molecule has 4 heteroatoms. The lowest BCUT2D eigenvalue weighted by molar-refractivity contribution is 0.288. The molecule has 0 atom stereocenters. The maximum absolute atomic E-state index is 9.04. The number of aliphatic hydroxyl groups is 1. The van der Waals surface area contributed by atoms with Crippen molar-refractivity contribution in [2.45, 2.75) is 26.3 Å². The van der Waals surface area contributed by atoms with Gasteiger partial charge in [-0.3, -0.25) is 4.98 Å². The number of nitrogens with two attached hydrogens (primary N) is 1. The summed E-state index contributed by atoms with van der Waals surface area (Å²) >= 11 is 0. The van der Waals surface area contributed by atoms with E-state index in [1.165, 1.54) is 0 Å². The van der Waals surface area contributed by atoms with Crippen LogP contribution in [-0.4, -0.2) is 29.3 Å². The van der Waals surface area contributed by atoms with Crippen molar-refractivity contribution in [2.75, 3.05) is 23.8 Å². The standard InChI is InChI=1S/C15H21N3O/c1-11(2)18(8-3-9-19)15-5-4-14(16)13-10-17-7-6-12(13)15/h4-7,10-11,19H,3,8-9,16H2,1-2H3. The first-order chi connectivity index (χ1) is 9.15. The average Bonchev–Trinajstić information content (AvgIpc) is 2.41. The van der Waals surface area contributed by atoms with E-state index in [1.807, 2.05) is 12.1 Å². The molecule has 1 aromatic carbocycles. The van der Waals surface area contributed by atoms with Crippen LogP contribution in [0, 0.1) is 0 Å². The second-order valence-electron chi connectivity index (χ2n) is 4.96. The van der Waals surface area contributed by atoms with E-state index in [0.29, 0.717) is 6.04 Å². The van der Waals surface area contributed by atoms with Gasteiger partial charge in [-0.25, -0.2) is 0 Å². The Labute approximate surface area is 113 Å². The van der Waals surface area contributed by atoms with Crippen LogP contribution in [0.2, 0.25) is 0 Å². The molecule has 0 radical (unpaired) electrons. The second-order valence-corrected chi connectivity index (χ2v) is 4.96. The van der Waals surface area contributed by atoms with Gasteiger partial charge >= 0.3 is 0 Å². The smallest absolute Gasteiger partial charge is 0.0450 e. The van der Waals surface area contributed by atoms with Crippen LogP contribution in [0.4, 0.5) is 11.4 Å². The lowest BCUT2D eigenvalue weighted by Crippen LogP contribution is -2.32. The topological polar surface area (TPSA) is 62.4 Å². The first-order valence-corrected chi connectivity index (χ1v) is 6.65. The monoisotopic (exact) mass is 259 g/mol. The van der Waals surface area contributed by atoms with E-state index >= 15 is 0 Å². The predicted molar refractivity (Wildman–Crippen MR) is 80.3 cm³/mol. The van der Waals surface area contributed by atoms with Crippen molar-refractivity contribution < 1.29 is 5.11 Å². The molecule has 19 heavy (non-hydrogen) atoms. The molecule has 1 aromatic heterocycles. The minimum Gasteiger partial charge on any atom is -0.398 e. The molecule has 0 aliphatic carbocycles. The summed E-state index contributed by atoms with van der Waals surface area (Å²) in [5, 5.41) is 11.1. The fraction of sp³-hybridized carbons (Fsp3) is 0.400. The number of hydrogen-bond donors (Lipinski definition) is 2. The summed E-state index contributed by atoms with van der Waals surface area (Å²) in [6.07, 6.45) is 4.35. The van der Waals surface area contributed by atoms with Gasteiger partial charge in [-0.1, -0.05) is 0 Å². The molecule has 0 spiro atoms. The molecule has 1 heterocycles. The van der Waals surface area contributed by atoms with Crippen LogP contribution in [0.1, 0.15) is 20.3 Å². The quantitative estimate of drug-likeness (QED) is 0.809. The molecular formula is C15H21N3O. The molecule has 2 aromatic rings. The van der Waals surface area contributed by atoms with Crippen LogP contribution in [0.5, 0.6) is 0 Å². The Kier molecular flexibility index (Phi) is 4.22. The maximum atomic E-state index is 9.04. The van der Waals surface area contributed by atoms with Gasteiger partial charge in [0.25, 0.3) is 0 Å². The molecule has 102 valence electrons. The van der Waals surface area contributed by atoms with Crippen molar-refractivity contribution >= 4 is 22.1 Å². The molecule has 3 N–H and O–H groups in total. The summed E-state index contributed by atoms with van der Waals surface area (Å²) in [4.78, 5) is 6.43. The van der Waals surface area contributed by atoms with E-state index in [9.17, 15) is 0 Å². The Morgan fingerprint density at radius 1 is 1.26 bits per heavy atom. The Bertz CT molecular complexity index is 554. The Morgan fingerprint density at radius 2 is 2.05 bits per heavy atom. The van der Waals surface area contributed by atoms with Crippen LogP contribution in [0.25, 0.3) is 10.8 Å². The molecule has 0 saturated carbocycles. The number of nitrogens with zero attached hydrogens (tertiary/aromatic N) is 2. The molecule has 4 nitrogen and oxygen atoms in total. The van der Waals surface area contributed by atoms with Gasteiger partial charge in [-0.05, 0) is 38.5 Å². The Hall–Kier alpha value is -1.81. The van der Waals surface area contributed by atoms with Gasteiger partial charge in [0.1, 0.15) is 0 Å². The molecule has 0 saturated heterocycles. The maximum Gasteiger partial charge on any atom is 0.0450 e. The first kappa shape index (κ1) is 13.6. The summed E-state index contributed by atoms with van der Waals surface area (Å²) < 4.78 is 0. The van der Waals surface area contributed by atoms with Gasteiger partial charge in [-0.15, -0.1) is 0 Å². The number of aromatic nitrogens is 1. The van der Waals surface area contributed by atoms with Crippen molar-refractivity contribution in [1.82, 2.24) is 4.98 Å². The van der Waals surface area contributed by atoms with Crippen molar-refractivity contribution in [1.29, 1.82) is 0 Å². The van der Waals surface area contributed by atoms with E-state index < -0.39 is 0 Å². The highest BCUT2D eigenvalue weighted by molar-refractivity contribution is 6.00. The zero-order chi connectivity index (χ0) is 13.8. The van der Waals surface area contributed by atoms with E-state index in [2.05, 4.69) is 29.8 Å². The van der Waals surface area contributed by atoms with E-state index in [4.69, 9.17) is 10.8 Å². The number of nitrogen functional groups attached to an aromatic ring is 1. The van der Waals surface area contributed by atoms with Gasteiger partial charge in [0.2, 0.25) is 0 Å². The van der Waals surface area contributed by atoms with Crippen molar-refractivity contribution in [3.63, 3.8) is 0 Å². The Morgan fingerprint density at radius 3 is 2.74 bits per heavy atom. The summed E-state index contributed by atoms with van der Waals surface area (Å²) in [7, 11) is 0. The third-order valence-corrected chi connectivity index (χ3v) is 3.32. The zero-order valence-corrected chi connectivity index (χ0v) is 11.5. The van der Waals surface area contributed by atoms with E-state index in [1.54, 1.807) is 12.4 Å². The van der Waals surface area contributed by atoms with Gasteiger partial charge in [0.05, 0.1) is 0 Å². The SMILES string of the molecule is CC(C)N(CCCO)c1ccc(N)c2cnccc12. The highest BCUT2D eigenvalue weighted by Crippen LogP contribution is 2.31. The van der Waals surface area contributed by atoms with Crippen LogP contribution < -0.4 is 10.6 Å². The predicted octanol–water partition coefficient (Wildman–Crippen LogP) is 2.41. The van der Waals surface area contributed by atoms with Crippen LogP contribution in [0.15, 0.2) is 30.6 Å². The minimum absolute atomic E-state index is 0.206. The summed E-state index contributed by atoms with van der Waals surface area (Å²) in [5.41, 5.74) is 7.90. The highest BCUT2D eigenvalue weighted by Gasteiger charge is 2.14. The fourth-order valence-electron chi connectivity index (χ4n) is 2.34. The van der Waals surface area contributed by atoms with Gasteiger partial charge in [0, 0.05) is 53.7 Å². The first-order valence-electron chi connectivity index (χ1n) is 6.65. The average molecular weight is 259 g/mol. The zero-order valence-electron chi connectivity index (χ0n) is 11.5. The minimum atomic E-state index is 0.206. The van der Waals surface area contributed by atoms with E-state index in [0.717, 1.165) is 35.1 Å². The lowest BCUT2D eigenvalue weighted by atomic mass is 10.1. The van der Waals surface area contributed by atoms with E-state index in [-0.39, 0.29) is 6.61 Å². The fourth-order valence-corrected chi connectivity index (χ4v) is 2.34. The highest BCUT2D eigenvalue weighted by atomic mass is 16.3. The number of rotatable bonds is 5. The third-order valence-electron chi connectivity index (χ3n) is 3.32. The van der Waals surface area contributed by atoms with Crippen LogP contribution >= 0.6 is 0 Å². The number of aliphatic hydroxyl groups excluding tert-OH is 1. The number of benzene rings is 1.